The molecule has 42 heavy (non-hydrogen) atoms. The smallest absolute Gasteiger partial charge is 0.407 e. The van der Waals surface area contributed by atoms with Crippen LogP contribution in [-0.2, 0) is 6.42 Å². The summed E-state index contributed by atoms with van der Waals surface area (Å²) in [5.41, 5.74) is 1.73. The van der Waals surface area contributed by atoms with Crippen LogP contribution in [-0.4, -0.2) is 81.1 Å². The number of rotatable bonds is 8. The molecule has 224 valence electrons. The number of amides is 2. The molecule has 2 heterocycles. The second-order valence-corrected chi connectivity index (χ2v) is 10.8. The molecule has 2 aliphatic rings. The summed E-state index contributed by atoms with van der Waals surface area (Å²) >= 11 is 0. The van der Waals surface area contributed by atoms with Crippen LogP contribution in [0.2, 0.25) is 0 Å². The van der Waals surface area contributed by atoms with Gasteiger partial charge in [0.05, 0.1) is 30.6 Å². The summed E-state index contributed by atoms with van der Waals surface area (Å²) in [6, 6.07) is 10.8. The maximum atomic E-state index is 14.2. The van der Waals surface area contributed by atoms with Crippen LogP contribution in [0, 0.1) is 11.6 Å². The summed E-state index contributed by atoms with van der Waals surface area (Å²) < 4.78 is 56.4. The third-order valence-corrected chi connectivity index (χ3v) is 8.08. The van der Waals surface area contributed by atoms with E-state index in [1.165, 1.54) is 18.5 Å². The summed E-state index contributed by atoms with van der Waals surface area (Å²) in [4.78, 5) is 33.2. The van der Waals surface area contributed by atoms with Crippen LogP contribution >= 0.6 is 0 Å². The molecule has 0 radical (unpaired) electrons. The maximum absolute atomic E-state index is 14.2. The number of hydrogen-bond acceptors (Lipinski definition) is 4. The Kier molecular flexibility index (Phi) is 9.10. The molecule has 2 amide bonds. The molecule has 12 heteroatoms. The molecular formula is C30H33F4N5O3. The molecule has 8 nitrogen and oxygen atoms in total. The number of alkyl halides is 2. The largest absolute Gasteiger partial charge is 0.465 e. The van der Waals surface area contributed by atoms with E-state index < -0.39 is 48.8 Å². The number of benzene rings is 2. The van der Waals surface area contributed by atoms with Gasteiger partial charge in [-0.1, -0.05) is 43.2 Å². The Morgan fingerprint density at radius 2 is 1.79 bits per heavy atom. The van der Waals surface area contributed by atoms with Crippen molar-refractivity contribution in [3.63, 3.8) is 0 Å². The van der Waals surface area contributed by atoms with E-state index in [0.29, 0.717) is 55.7 Å². The van der Waals surface area contributed by atoms with Crippen LogP contribution in [0.5, 0.6) is 0 Å². The lowest BCUT2D eigenvalue weighted by Gasteiger charge is -2.39. The highest BCUT2D eigenvalue weighted by Gasteiger charge is 2.38. The van der Waals surface area contributed by atoms with Gasteiger partial charge >= 0.3 is 6.09 Å². The van der Waals surface area contributed by atoms with E-state index in [1.54, 1.807) is 9.47 Å². The number of piperazine rings is 1. The molecule has 2 N–H and O–H groups in total. The van der Waals surface area contributed by atoms with Gasteiger partial charge in [-0.15, -0.1) is 0 Å². The van der Waals surface area contributed by atoms with Crippen LogP contribution in [0.25, 0.3) is 11.3 Å². The van der Waals surface area contributed by atoms with Crippen molar-refractivity contribution < 1.29 is 32.3 Å². The van der Waals surface area contributed by atoms with Crippen molar-refractivity contribution in [1.29, 1.82) is 0 Å². The molecule has 1 aliphatic carbocycles. The van der Waals surface area contributed by atoms with E-state index in [4.69, 9.17) is 0 Å². The van der Waals surface area contributed by atoms with Gasteiger partial charge in [-0.05, 0) is 37.0 Å². The van der Waals surface area contributed by atoms with Crippen molar-refractivity contribution in [2.75, 3.05) is 26.2 Å². The molecule has 0 unspecified atom stereocenters. The lowest BCUT2D eigenvalue weighted by Crippen LogP contribution is -2.54. The maximum Gasteiger partial charge on any atom is 0.407 e. The fraction of sp³-hybridized carbons (Fsp3) is 0.433. The van der Waals surface area contributed by atoms with Crippen molar-refractivity contribution in [2.24, 2.45) is 0 Å². The third-order valence-electron chi connectivity index (χ3n) is 8.08. The number of carbonyl (C=O) groups is 2. The molecule has 2 aromatic carbocycles. The number of nitrogens with one attached hydrogen (secondary N) is 1. The van der Waals surface area contributed by atoms with Gasteiger partial charge in [0.15, 0.2) is 5.69 Å². The Bertz CT molecular complexity index is 1380. The topological polar surface area (TPSA) is 90.7 Å². The Morgan fingerprint density at radius 1 is 1.07 bits per heavy atom. The Morgan fingerprint density at radius 3 is 2.48 bits per heavy atom. The van der Waals surface area contributed by atoms with Gasteiger partial charge < -0.3 is 19.9 Å². The molecule has 5 rings (SSSR count). The normalized spacial score (nSPS) is 21.0. The number of halogens is 4. The van der Waals surface area contributed by atoms with E-state index in [2.05, 4.69) is 10.3 Å². The first-order valence-electron chi connectivity index (χ1n) is 14.1. The molecule has 2 fully saturated rings. The van der Waals surface area contributed by atoms with Crippen LogP contribution in [0.3, 0.4) is 0 Å². The summed E-state index contributed by atoms with van der Waals surface area (Å²) in [5.74, 6) is -1.76. The van der Waals surface area contributed by atoms with Gasteiger partial charge in [-0.3, -0.25) is 9.69 Å². The number of nitrogens with zero attached hydrogens (tertiary/aromatic N) is 4. The van der Waals surface area contributed by atoms with E-state index in [0.717, 1.165) is 17.4 Å². The zero-order chi connectivity index (χ0) is 29.8. The number of imidazole rings is 1. The van der Waals surface area contributed by atoms with Crippen LogP contribution in [0.4, 0.5) is 22.4 Å². The van der Waals surface area contributed by atoms with Gasteiger partial charge in [-0.25, -0.2) is 27.3 Å². The second kappa shape index (κ2) is 12.9. The average molecular weight is 588 g/mol. The minimum Gasteiger partial charge on any atom is -0.465 e. The Labute approximate surface area is 240 Å². The van der Waals surface area contributed by atoms with Crippen molar-refractivity contribution in [2.45, 2.75) is 56.7 Å². The fourth-order valence-electron chi connectivity index (χ4n) is 6.28. The molecule has 1 saturated carbocycles. The second-order valence-electron chi connectivity index (χ2n) is 10.8. The van der Waals surface area contributed by atoms with Gasteiger partial charge in [0.2, 0.25) is 0 Å². The van der Waals surface area contributed by atoms with Crippen LogP contribution in [0.1, 0.15) is 47.8 Å². The fourth-order valence-corrected chi connectivity index (χ4v) is 6.28. The first kappa shape index (κ1) is 29.6. The SMILES string of the molecule is O=C(c1ncn([C@H]2CCCC[C@@H]2N(CC(F)F)C(=O)O)c1-c1ccccc1)N1CCNC[C@H]1Cc1cc(F)cc(F)c1. The summed E-state index contributed by atoms with van der Waals surface area (Å²) in [6.45, 7) is 0.376. The van der Waals surface area contributed by atoms with Crippen molar-refractivity contribution >= 4 is 12.0 Å². The van der Waals surface area contributed by atoms with Crippen LogP contribution in [0.15, 0.2) is 54.9 Å². The number of aromatic nitrogens is 2. The first-order chi connectivity index (χ1) is 20.2. The minimum atomic E-state index is -2.83. The molecule has 3 aromatic rings. The minimum absolute atomic E-state index is 0.151. The standard InChI is InChI=1S/C30H33F4N5O3/c31-21-12-19(13-22(32)15-21)14-23-16-35-10-11-37(23)29(40)27-28(20-6-2-1-3-7-20)39(18-36-27)25-9-5-4-8-24(25)38(30(41)42)17-26(33)34/h1-3,6-7,12-13,15,18,23-26,35H,4-5,8-11,14,16-17H2,(H,41,42)/t23-,24+,25+/m1/s1. The predicted octanol–water partition coefficient (Wildman–Crippen LogP) is 5.21. The third kappa shape index (κ3) is 6.43. The Balaban J connectivity index is 1.53. The zero-order valence-electron chi connectivity index (χ0n) is 22.9. The van der Waals surface area contributed by atoms with Gasteiger partial charge in [0, 0.05) is 37.3 Å². The quantitative estimate of drug-likeness (QED) is 0.353. The van der Waals surface area contributed by atoms with Crippen molar-refractivity contribution in [3.8, 4) is 11.3 Å². The molecule has 0 spiro atoms. The highest BCUT2D eigenvalue weighted by molar-refractivity contribution is 5.98. The number of carbonyl (C=O) groups excluding carboxylic acids is 1. The van der Waals surface area contributed by atoms with Gasteiger partial charge in [0.1, 0.15) is 11.6 Å². The molecule has 1 saturated heterocycles. The molecule has 3 atom stereocenters. The average Bonchev–Trinajstić information content (AvgIpc) is 3.41. The van der Waals surface area contributed by atoms with Crippen molar-refractivity contribution in [3.05, 3.63) is 77.8 Å². The monoisotopic (exact) mass is 587 g/mol. The summed E-state index contributed by atoms with van der Waals surface area (Å²) in [6.07, 6.45) is -0.120. The van der Waals surface area contributed by atoms with E-state index in [9.17, 15) is 32.3 Å². The predicted molar refractivity (Wildman–Crippen MR) is 147 cm³/mol. The van der Waals surface area contributed by atoms with E-state index in [-0.39, 0.29) is 18.0 Å². The van der Waals surface area contributed by atoms with E-state index >= 15 is 0 Å². The highest BCUT2D eigenvalue weighted by atomic mass is 19.3. The van der Waals surface area contributed by atoms with Crippen molar-refractivity contribution in [1.82, 2.24) is 24.7 Å². The lowest BCUT2D eigenvalue weighted by molar-refractivity contribution is 0.0379. The molecule has 1 aromatic heterocycles. The van der Waals surface area contributed by atoms with E-state index in [1.807, 2.05) is 30.3 Å². The molecule has 1 aliphatic heterocycles. The van der Waals surface area contributed by atoms with Gasteiger partial charge in [0.25, 0.3) is 12.3 Å². The summed E-state index contributed by atoms with van der Waals surface area (Å²) in [7, 11) is 0. The number of hydrogen-bond donors (Lipinski definition) is 2. The van der Waals surface area contributed by atoms with Crippen LogP contribution < -0.4 is 5.32 Å². The van der Waals surface area contributed by atoms with Gasteiger partial charge in [-0.2, -0.15) is 0 Å². The zero-order valence-corrected chi connectivity index (χ0v) is 22.9. The Hall–Kier alpha value is -3.93. The molecule has 0 bridgehead atoms. The highest BCUT2D eigenvalue weighted by Crippen LogP contribution is 2.37. The summed E-state index contributed by atoms with van der Waals surface area (Å²) in [5, 5.41) is 13.1. The number of carboxylic acid groups (broad SMARTS) is 1. The lowest BCUT2D eigenvalue weighted by atomic mass is 9.88. The molecular weight excluding hydrogens is 554 g/mol. The first-order valence-corrected chi connectivity index (χ1v) is 14.1.